The summed E-state index contributed by atoms with van der Waals surface area (Å²) in [7, 11) is 0. The van der Waals surface area contributed by atoms with Gasteiger partial charge in [0.05, 0.1) is 0 Å². The van der Waals surface area contributed by atoms with Crippen LogP contribution in [0, 0.1) is 42.2 Å². The minimum absolute atomic E-state index is 0.0237. The van der Waals surface area contributed by atoms with Crippen molar-refractivity contribution < 1.29 is 13.5 Å². The molecule has 0 spiro atoms. The highest BCUT2D eigenvalue weighted by atomic mass is 19.2. The lowest BCUT2D eigenvalue weighted by molar-refractivity contribution is 0.182. The zero-order valence-corrected chi connectivity index (χ0v) is 17.2. The summed E-state index contributed by atoms with van der Waals surface area (Å²) >= 11 is 0. The maximum atomic E-state index is 13.9. The molecule has 0 aromatic heterocycles. The minimum Gasteiger partial charge on any atom is -0.486 e. The topological polar surface area (TPSA) is 9.23 Å². The second kappa shape index (κ2) is 8.97. The lowest BCUT2D eigenvalue weighted by Gasteiger charge is -2.35. The molecule has 2 fully saturated rings. The number of allylic oxidation sites excluding steroid dienone is 1. The monoisotopic (exact) mass is 388 g/mol. The molecule has 0 radical (unpaired) electrons. The summed E-state index contributed by atoms with van der Waals surface area (Å²) in [5.74, 6) is 2.11. The van der Waals surface area contributed by atoms with Crippen molar-refractivity contribution in [2.45, 2.75) is 77.6 Å². The molecule has 2 saturated carbocycles. The molecule has 0 amide bonds. The highest BCUT2D eigenvalue weighted by Crippen LogP contribution is 2.42. The van der Waals surface area contributed by atoms with Gasteiger partial charge in [-0.15, -0.1) is 0 Å². The summed E-state index contributed by atoms with van der Waals surface area (Å²) in [4.78, 5) is 0. The van der Waals surface area contributed by atoms with E-state index in [1.807, 2.05) is 0 Å². The van der Waals surface area contributed by atoms with Crippen LogP contribution in [0.4, 0.5) is 8.78 Å². The van der Waals surface area contributed by atoms with Gasteiger partial charge in [0.15, 0.2) is 11.6 Å². The molecule has 1 aromatic rings. The molecule has 4 rings (SSSR count). The first-order chi connectivity index (χ1) is 13.6. The van der Waals surface area contributed by atoms with Crippen molar-refractivity contribution in [3.63, 3.8) is 0 Å². The van der Waals surface area contributed by atoms with Gasteiger partial charge in [-0.05, 0) is 79.9 Å². The molecule has 1 atom stereocenters. The number of benzene rings is 1. The van der Waals surface area contributed by atoms with Gasteiger partial charge < -0.3 is 4.74 Å². The number of aryl methyl sites for hydroxylation is 1. The fourth-order valence-electron chi connectivity index (χ4n) is 5.20. The highest BCUT2D eigenvalue weighted by molar-refractivity contribution is 5.30. The van der Waals surface area contributed by atoms with E-state index < -0.39 is 11.6 Å². The van der Waals surface area contributed by atoms with Crippen LogP contribution in [0.2, 0.25) is 0 Å². The van der Waals surface area contributed by atoms with Gasteiger partial charge in [0.1, 0.15) is 6.61 Å². The molecule has 154 valence electrons. The Morgan fingerprint density at radius 1 is 0.857 bits per heavy atom. The first kappa shape index (κ1) is 19.9. The molecule has 0 heterocycles. The average molecular weight is 389 g/mol. The maximum Gasteiger partial charge on any atom is 0.200 e. The summed E-state index contributed by atoms with van der Waals surface area (Å²) in [5.41, 5.74) is 1.54. The lowest BCUT2D eigenvalue weighted by atomic mass is 9.70. The average Bonchev–Trinajstić information content (AvgIpc) is 3.55. The zero-order chi connectivity index (χ0) is 19.5. The van der Waals surface area contributed by atoms with Crippen molar-refractivity contribution in [3.05, 3.63) is 41.0 Å². The lowest BCUT2D eigenvalue weighted by Crippen LogP contribution is -2.24. The van der Waals surface area contributed by atoms with E-state index in [1.165, 1.54) is 69.4 Å². The number of hydrogen-bond donors (Lipinski definition) is 0. The van der Waals surface area contributed by atoms with Crippen LogP contribution < -0.4 is 4.74 Å². The van der Waals surface area contributed by atoms with E-state index in [0.29, 0.717) is 12.2 Å². The fourth-order valence-corrected chi connectivity index (χ4v) is 5.20. The highest BCUT2D eigenvalue weighted by Gasteiger charge is 2.30. The Hall–Kier alpha value is -1.38. The predicted molar refractivity (Wildman–Crippen MR) is 109 cm³/mol. The van der Waals surface area contributed by atoms with Gasteiger partial charge in [-0.1, -0.05) is 50.7 Å². The van der Waals surface area contributed by atoms with Gasteiger partial charge in [0.2, 0.25) is 5.82 Å². The van der Waals surface area contributed by atoms with Crippen LogP contribution in [0.5, 0.6) is 5.75 Å². The Balaban J connectivity index is 1.21. The third-order valence-corrected chi connectivity index (χ3v) is 7.44. The predicted octanol–water partition coefficient (Wildman–Crippen LogP) is 7.38. The van der Waals surface area contributed by atoms with Crippen LogP contribution in [0.1, 0.15) is 76.2 Å². The molecule has 3 heteroatoms. The molecule has 0 saturated heterocycles. The van der Waals surface area contributed by atoms with Gasteiger partial charge in [0.25, 0.3) is 0 Å². The van der Waals surface area contributed by atoms with Crippen molar-refractivity contribution in [3.8, 4) is 5.75 Å². The van der Waals surface area contributed by atoms with Crippen LogP contribution in [0.3, 0.4) is 0 Å². The van der Waals surface area contributed by atoms with Crippen molar-refractivity contribution in [1.29, 1.82) is 0 Å². The summed E-state index contributed by atoms with van der Waals surface area (Å²) in [5, 5.41) is 0. The molecule has 1 unspecified atom stereocenters. The number of hydrogen-bond acceptors (Lipinski definition) is 1. The fraction of sp³-hybridized carbons (Fsp3) is 0.680. The Bertz CT molecular complexity index is 699. The van der Waals surface area contributed by atoms with Crippen LogP contribution >= 0.6 is 0 Å². The Morgan fingerprint density at radius 2 is 1.54 bits per heavy atom. The second-order valence-corrected chi connectivity index (χ2v) is 9.50. The Kier molecular flexibility index (Phi) is 6.38. The van der Waals surface area contributed by atoms with Gasteiger partial charge >= 0.3 is 0 Å². The molecule has 3 aliphatic carbocycles. The molecule has 3 aliphatic rings. The van der Waals surface area contributed by atoms with E-state index in [4.69, 9.17) is 4.74 Å². The minimum atomic E-state index is -0.868. The van der Waals surface area contributed by atoms with Crippen LogP contribution in [-0.4, -0.2) is 6.61 Å². The van der Waals surface area contributed by atoms with Crippen molar-refractivity contribution in [2.75, 3.05) is 6.61 Å². The maximum absolute atomic E-state index is 13.9. The molecule has 1 aromatic carbocycles. The Morgan fingerprint density at radius 3 is 2.14 bits per heavy atom. The first-order valence-corrected chi connectivity index (χ1v) is 11.4. The molecule has 28 heavy (non-hydrogen) atoms. The normalized spacial score (nSPS) is 28.1. The molecule has 0 aliphatic heterocycles. The van der Waals surface area contributed by atoms with Gasteiger partial charge in [-0.25, -0.2) is 4.39 Å². The van der Waals surface area contributed by atoms with Gasteiger partial charge in [0, 0.05) is 0 Å². The molecule has 0 N–H and O–H groups in total. The quantitative estimate of drug-likeness (QED) is 0.443. The first-order valence-electron chi connectivity index (χ1n) is 11.4. The van der Waals surface area contributed by atoms with E-state index >= 15 is 0 Å². The summed E-state index contributed by atoms with van der Waals surface area (Å²) < 4.78 is 33.2. The van der Waals surface area contributed by atoms with Gasteiger partial charge in [-0.2, -0.15) is 4.39 Å². The van der Waals surface area contributed by atoms with Crippen LogP contribution in [0.15, 0.2) is 23.8 Å². The zero-order valence-electron chi connectivity index (χ0n) is 17.2. The standard InChI is InChI=1S/C25H34F2O/c1-17-2-15-23(25(27)24(17)26)28-16-20-9-13-22(14-10-20)21-11-7-19(8-12-21)6-5-18-3-4-18/h2,9,15,18-19,21-22H,3-8,10-14,16H2,1H3. The SMILES string of the molecule is Cc1ccc(OCC2=CCC(C3CCC(CCC4CC4)CC3)CC2)c(F)c1F. The van der Waals surface area contributed by atoms with E-state index in [1.54, 1.807) is 13.0 Å². The number of ether oxygens (including phenoxy) is 1. The van der Waals surface area contributed by atoms with E-state index in [2.05, 4.69) is 6.08 Å². The number of rotatable bonds is 7. The van der Waals surface area contributed by atoms with Gasteiger partial charge in [-0.3, -0.25) is 0 Å². The molecular formula is C25H34F2O. The third-order valence-electron chi connectivity index (χ3n) is 7.44. The second-order valence-electron chi connectivity index (χ2n) is 9.50. The van der Waals surface area contributed by atoms with Crippen LogP contribution in [-0.2, 0) is 0 Å². The van der Waals surface area contributed by atoms with E-state index in [0.717, 1.165) is 36.5 Å². The summed E-state index contributed by atoms with van der Waals surface area (Å²) in [6.07, 6.45) is 17.3. The van der Waals surface area contributed by atoms with Crippen LogP contribution in [0.25, 0.3) is 0 Å². The molecular weight excluding hydrogens is 354 g/mol. The number of halogens is 2. The summed E-state index contributed by atoms with van der Waals surface area (Å²) in [6.45, 7) is 1.94. The largest absolute Gasteiger partial charge is 0.486 e. The third kappa shape index (κ3) is 4.96. The van der Waals surface area contributed by atoms with E-state index in [-0.39, 0.29) is 5.75 Å². The molecule has 0 bridgehead atoms. The Labute approximate surface area is 168 Å². The van der Waals surface area contributed by atoms with Crippen molar-refractivity contribution in [2.24, 2.45) is 23.7 Å². The summed E-state index contributed by atoms with van der Waals surface area (Å²) in [6, 6.07) is 3.10. The van der Waals surface area contributed by atoms with E-state index in [9.17, 15) is 8.78 Å². The molecule has 1 nitrogen and oxygen atoms in total. The van der Waals surface area contributed by atoms with Crippen molar-refractivity contribution >= 4 is 0 Å². The van der Waals surface area contributed by atoms with Crippen molar-refractivity contribution in [1.82, 2.24) is 0 Å². The smallest absolute Gasteiger partial charge is 0.200 e.